The first kappa shape index (κ1) is 21.8. The van der Waals surface area contributed by atoms with Crippen molar-refractivity contribution >= 4 is 33.4 Å². The number of alkyl halides is 3. The lowest BCUT2D eigenvalue weighted by Crippen LogP contribution is -2.23. The van der Waals surface area contributed by atoms with Gasteiger partial charge in [-0.2, -0.15) is 13.2 Å². The van der Waals surface area contributed by atoms with Crippen molar-refractivity contribution in [1.29, 1.82) is 0 Å². The number of benzene rings is 2. The molecule has 7 nitrogen and oxygen atoms in total. The Bertz CT molecular complexity index is 1490. The molecule has 0 aliphatic carbocycles. The minimum Gasteiger partial charge on any atom is -0.333 e. The van der Waals surface area contributed by atoms with Gasteiger partial charge in [-0.05, 0) is 12.1 Å². The lowest BCUT2D eigenvalue weighted by atomic mass is 10.1. The number of rotatable bonds is 5. The number of aromatic nitrogens is 5. The van der Waals surface area contributed by atoms with Crippen LogP contribution in [0.5, 0.6) is 0 Å². The number of anilines is 1. The minimum absolute atomic E-state index is 0.167. The summed E-state index contributed by atoms with van der Waals surface area (Å²) in [5.41, 5.74) is 1.85. The first-order valence-corrected chi connectivity index (χ1v) is 11.0. The van der Waals surface area contributed by atoms with Gasteiger partial charge in [0.15, 0.2) is 11.0 Å². The smallest absolute Gasteiger partial charge is 0.333 e. The molecule has 0 spiro atoms. The first-order valence-electron chi connectivity index (χ1n) is 10.2. The summed E-state index contributed by atoms with van der Waals surface area (Å²) in [4.78, 5) is 26.2. The normalized spacial score (nSPS) is 11.8. The second kappa shape index (κ2) is 8.41. The van der Waals surface area contributed by atoms with Gasteiger partial charge in [0, 0.05) is 25.0 Å². The van der Waals surface area contributed by atoms with E-state index in [2.05, 4.69) is 20.3 Å². The van der Waals surface area contributed by atoms with E-state index in [-0.39, 0.29) is 16.2 Å². The van der Waals surface area contributed by atoms with E-state index in [4.69, 9.17) is 0 Å². The number of carbonyl (C=O) groups excluding carboxylic acids is 1. The number of nitrogens with zero attached hydrogens (tertiary/aromatic N) is 5. The van der Waals surface area contributed by atoms with Crippen molar-refractivity contribution in [1.82, 2.24) is 24.1 Å². The molecule has 34 heavy (non-hydrogen) atoms. The number of amides is 1. The summed E-state index contributed by atoms with van der Waals surface area (Å²) in [6.07, 6.45) is -1.25. The molecular formula is C23H17F3N6OS. The molecule has 0 saturated carbocycles. The van der Waals surface area contributed by atoms with Gasteiger partial charge >= 0.3 is 6.18 Å². The quantitative estimate of drug-likeness (QED) is 0.373. The molecular weight excluding hydrogens is 465 g/mol. The van der Waals surface area contributed by atoms with Gasteiger partial charge < -0.3 is 14.5 Å². The summed E-state index contributed by atoms with van der Waals surface area (Å²) in [6, 6.07) is 15.6. The number of para-hydroxylation sites is 2. The topological polar surface area (TPSA) is 77.6 Å². The number of fused-ring (bicyclic) bond motifs is 1. The Hall–Kier alpha value is -3.99. The second-order valence-electron chi connectivity index (χ2n) is 7.48. The molecule has 0 aliphatic rings. The van der Waals surface area contributed by atoms with E-state index in [0.29, 0.717) is 11.5 Å². The molecule has 1 N–H and O–H groups in total. The molecule has 5 aromatic rings. The minimum atomic E-state index is -4.70. The lowest BCUT2D eigenvalue weighted by molar-refractivity contribution is -0.147. The van der Waals surface area contributed by atoms with Crippen LogP contribution < -0.4 is 5.32 Å². The third-order valence-corrected chi connectivity index (χ3v) is 6.12. The van der Waals surface area contributed by atoms with Crippen molar-refractivity contribution < 1.29 is 18.0 Å². The van der Waals surface area contributed by atoms with Gasteiger partial charge in [-0.15, -0.1) is 0 Å². The maximum Gasteiger partial charge on any atom is 0.449 e. The van der Waals surface area contributed by atoms with Crippen molar-refractivity contribution in [2.75, 3.05) is 5.32 Å². The molecule has 0 saturated heterocycles. The molecule has 0 radical (unpaired) electrons. The number of halogens is 3. The Balaban J connectivity index is 1.49. The summed E-state index contributed by atoms with van der Waals surface area (Å²) >= 11 is 1.21. The van der Waals surface area contributed by atoms with Crippen LogP contribution in [0.3, 0.4) is 0 Å². The van der Waals surface area contributed by atoms with E-state index in [0.717, 1.165) is 15.0 Å². The highest BCUT2D eigenvalue weighted by Gasteiger charge is 2.38. The molecule has 1 amide bonds. The molecule has 172 valence electrons. The molecule has 0 bridgehead atoms. The molecule has 0 unspecified atom stereocenters. The largest absolute Gasteiger partial charge is 0.449 e. The van der Waals surface area contributed by atoms with Crippen LogP contribution in [0.15, 0.2) is 67.0 Å². The highest BCUT2D eigenvalue weighted by molar-refractivity contribution is 7.19. The Kier molecular flexibility index (Phi) is 5.40. The fraction of sp³-hybridized carbons (Fsp3) is 0.130. The van der Waals surface area contributed by atoms with E-state index in [1.807, 2.05) is 41.9 Å². The van der Waals surface area contributed by atoms with Crippen molar-refractivity contribution in [3.63, 3.8) is 0 Å². The van der Waals surface area contributed by atoms with Crippen LogP contribution in [0.1, 0.15) is 5.82 Å². The third-order valence-electron chi connectivity index (χ3n) is 5.15. The first-order chi connectivity index (χ1) is 16.3. The van der Waals surface area contributed by atoms with Gasteiger partial charge in [-0.1, -0.05) is 53.8 Å². The van der Waals surface area contributed by atoms with Gasteiger partial charge in [-0.25, -0.2) is 15.0 Å². The van der Waals surface area contributed by atoms with Crippen molar-refractivity contribution in [2.24, 2.45) is 7.05 Å². The summed E-state index contributed by atoms with van der Waals surface area (Å²) in [7, 11) is 1.85. The maximum atomic E-state index is 13.6. The van der Waals surface area contributed by atoms with Crippen molar-refractivity contribution in [3.05, 3.63) is 72.8 Å². The van der Waals surface area contributed by atoms with Crippen LogP contribution in [0.25, 0.3) is 33.0 Å². The molecule has 0 aliphatic heterocycles. The zero-order chi connectivity index (χ0) is 23.9. The molecule has 5 rings (SSSR count). The Morgan fingerprint density at radius 3 is 2.50 bits per heavy atom. The second-order valence-corrected chi connectivity index (χ2v) is 8.48. The number of carbonyl (C=O) groups is 1. The number of imidazole rings is 2. The van der Waals surface area contributed by atoms with E-state index in [1.165, 1.54) is 23.5 Å². The standard InChI is InChI=1S/C23H17F3N6OS/c1-31-12-11-27-20(31)19-18(14-7-3-2-4-8-14)30-22(34-19)29-17(33)13-32-16-10-6-5-9-15(16)28-21(32)23(24,25)26/h2-12H,13H2,1H3,(H,29,30,33). The van der Waals surface area contributed by atoms with Crippen LogP contribution >= 0.6 is 11.3 Å². The molecule has 0 atom stereocenters. The average molecular weight is 482 g/mol. The average Bonchev–Trinajstić information content (AvgIpc) is 3.51. The highest BCUT2D eigenvalue weighted by atomic mass is 32.1. The zero-order valence-corrected chi connectivity index (χ0v) is 18.6. The maximum absolute atomic E-state index is 13.6. The molecule has 2 aromatic carbocycles. The number of hydrogen-bond donors (Lipinski definition) is 1. The Labute approximate surface area is 195 Å². The molecule has 3 heterocycles. The third kappa shape index (κ3) is 4.05. The van der Waals surface area contributed by atoms with Gasteiger partial charge in [-0.3, -0.25) is 4.79 Å². The highest BCUT2D eigenvalue weighted by Crippen LogP contribution is 2.38. The van der Waals surface area contributed by atoms with Crippen molar-refractivity contribution in [2.45, 2.75) is 12.7 Å². The predicted molar refractivity (Wildman–Crippen MR) is 123 cm³/mol. The van der Waals surface area contributed by atoms with Crippen LogP contribution in [0, 0.1) is 0 Å². The number of thiazole rings is 1. The lowest BCUT2D eigenvalue weighted by Gasteiger charge is -2.10. The SMILES string of the molecule is Cn1ccnc1-c1sc(NC(=O)Cn2c(C(F)(F)F)nc3ccccc32)nc1-c1ccccc1. The summed E-state index contributed by atoms with van der Waals surface area (Å²) in [5, 5.41) is 2.91. The molecule has 0 fully saturated rings. The van der Waals surface area contributed by atoms with Crippen molar-refractivity contribution in [3.8, 4) is 22.0 Å². The van der Waals surface area contributed by atoms with E-state index < -0.39 is 24.5 Å². The monoisotopic (exact) mass is 482 g/mol. The van der Waals surface area contributed by atoms with E-state index in [9.17, 15) is 18.0 Å². The number of hydrogen-bond acceptors (Lipinski definition) is 5. The summed E-state index contributed by atoms with van der Waals surface area (Å²) in [6.45, 7) is -0.562. The summed E-state index contributed by atoms with van der Waals surface area (Å²) < 4.78 is 43.4. The van der Waals surface area contributed by atoms with Gasteiger partial charge in [0.25, 0.3) is 0 Å². The van der Waals surface area contributed by atoms with Gasteiger partial charge in [0.1, 0.15) is 6.54 Å². The Morgan fingerprint density at radius 1 is 1.06 bits per heavy atom. The van der Waals surface area contributed by atoms with E-state index in [1.54, 1.807) is 24.5 Å². The fourth-order valence-corrected chi connectivity index (χ4v) is 4.70. The van der Waals surface area contributed by atoms with Crippen LogP contribution in [-0.4, -0.2) is 30.0 Å². The molecule has 3 aromatic heterocycles. The zero-order valence-electron chi connectivity index (χ0n) is 17.7. The van der Waals surface area contributed by atoms with E-state index >= 15 is 0 Å². The predicted octanol–water partition coefficient (Wildman–Crippen LogP) is 5.22. The summed E-state index contributed by atoms with van der Waals surface area (Å²) in [5.74, 6) is -1.10. The van der Waals surface area contributed by atoms with Gasteiger partial charge in [0.2, 0.25) is 11.7 Å². The van der Waals surface area contributed by atoms with Crippen LogP contribution in [-0.2, 0) is 24.6 Å². The van der Waals surface area contributed by atoms with Gasteiger partial charge in [0.05, 0.1) is 21.6 Å². The van der Waals surface area contributed by atoms with Crippen LogP contribution in [0.2, 0.25) is 0 Å². The van der Waals surface area contributed by atoms with Crippen LogP contribution in [0.4, 0.5) is 18.3 Å². The fourth-order valence-electron chi connectivity index (χ4n) is 3.66. The number of aryl methyl sites for hydroxylation is 1. The number of nitrogens with one attached hydrogen (secondary N) is 1. The Morgan fingerprint density at radius 2 is 1.79 bits per heavy atom. The molecule has 11 heteroatoms.